The second kappa shape index (κ2) is 7.27. The third-order valence-corrected chi connectivity index (χ3v) is 4.10. The monoisotopic (exact) mass is 347 g/mol. The Morgan fingerprint density at radius 2 is 1.88 bits per heavy atom. The van der Waals surface area contributed by atoms with Crippen molar-refractivity contribution >= 4 is 11.0 Å². The molecule has 0 unspecified atom stereocenters. The van der Waals surface area contributed by atoms with Gasteiger partial charge in [0.15, 0.2) is 0 Å². The van der Waals surface area contributed by atoms with E-state index in [0.29, 0.717) is 12.1 Å². The van der Waals surface area contributed by atoms with Crippen LogP contribution in [0.2, 0.25) is 0 Å². The summed E-state index contributed by atoms with van der Waals surface area (Å²) >= 11 is 0. The predicted molar refractivity (Wildman–Crippen MR) is 92.2 cm³/mol. The van der Waals surface area contributed by atoms with E-state index in [2.05, 4.69) is 9.97 Å². The molecular weight excluding hydrogens is 327 g/mol. The van der Waals surface area contributed by atoms with Crippen molar-refractivity contribution in [3.8, 4) is 0 Å². The maximum absolute atomic E-state index is 12.8. The maximum Gasteiger partial charge on any atom is 0.416 e. The summed E-state index contributed by atoms with van der Waals surface area (Å²) in [4.78, 5) is 9.85. The zero-order valence-corrected chi connectivity index (χ0v) is 14.0. The fourth-order valence-corrected chi connectivity index (χ4v) is 2.88. The molecule has 1 heterocycles. The Bertz CT molecular complexity index is 806. The Hall–Kier alpha value is -2.34. The molecule has 0 amide bonds. The number of imidazole rings is 1. The van der Waals surface area contributed by atoms with Gasteiger partial charge in [0.25, 0.3) is 0 Å². The number of benzene rings is 2. The number of hydrogen-bond acceptors (Lipinski definition) is 2. The van der Waals surface area contributed by atoms with E-state index in [1.165, 1.54) is 12.1 Å². The Morgan fingerprint density at radius 3 is 2.64 bits per heavy atom. The number of nitrogens with one attached hydrogen (secondary N) is 1. The highest BCUT2D eigenvalue weighted by Gasteiger charge is 2.30. The first-order valence-corrected chi connectivity index (χ1v) is 8.20. The summed E-state index contributed by atoms with van der Waals surface area (Å²) in [6, 6.07) is 13.4. The van der Waals surface area contributed by atoms with Crippen LogP contribution in [0.25, 0.3) is 11.0 Å². The van der Waals surface area contributed by atoms with Crippen molar-refractivity contribution in [2.24, 2.45) is 0 Å². The summed E-state index contributed by atoms with van der Waals surface area (Å²) < 4.78 is 38.3. The highest BCUT2D eigenvalue weighted by molar-refractivity contribution is 5.74. The smallest absolute Gasteiger partial charge is 0.342 e. The minimum absolute atomic E-state index is 0.490. The molecule has 3 rings (SSSR count). The van der Waals surface area contributed by atoms with E-state index in [0.717, 1.165) is 42.3 Å². The molecule has 25 heavy (non-hydrogen) atoms. The highest BCUT2D eigenvalue weighted by Crippen LogP contribution is 2.29. The first-order chi connectivity index (χ1) is 11.9. The van der Waals surface area contributed by atoms with Crippen LogP contribution in [0.4, 0.5) is 13.2 Å². The van der Waals surface area contributed by atoms with E-state index in [1.807, 2.05) is 36.2 Å². The standard InChI is InChI=1S/C19H20F3N3/c1-25(13-14-6-4-7-15(12-14)19(20,21)22)11-5-10-18-23-16-8-2-3-9-17(16)24-18/h2-4,6-9,12H,5,10-11,13H2,1H3,(H,23,24). The third kappa shape index (κ3) is 4.60. The lowest BCUT2D eigenvalue weighted by atomic mass is 10.1. The quantitative estimate of drug-likeness (QED) is 0.704. The van der Waals surface area contributed by atoms with Crippen molar-refractivity contribution in [2.75, 3.05) is 13.6 Å². The van der Waals surface area contributed by atoms with E-state index >= 15 is 0 Å². The third-order valence-electron chi connectivity index (χ3n) is 4.10. The van der Waals surface area contributed by atoms with Crippen LogP contribution in [-0.4, -0.2) is 28.5 Å². The largest absolute Gasteiger partial charge is 0.416 e. The SMILES string of the molecule is CN(CCCc1nc2ccccc2[nH]1)Cc1cccc(C(F)(F)F)c1. The molecule has 3 aromatic rings. The summed E-state index contributed by atoms with van der Waals surface area (Å²) in [5, 5.41) is 0. The lowest BCUT2D eigenvalue weighted by molar-refractivity contribution is -0.137. The van der Waals surface area contributed by atoms with E-state index in [4.69, 9.17) is 0 Å². The van der Waals surface area contributed by atoms with Crippen LogP contribution in [0.1, 0.15) is 23.4 Å². The minimum atomic E-state index is -4.30. The van der Waals surface area contributed by atoms with Gasteiger partial charge in [0.2, 0.25) is 0 Å². The van der Waals surface area contributed by atoms with Crippen molar-refractivity contribution in [2.45, 2.75) is 25.6 Å². The molecule has 0 fully saturated rings. The molecule has 1 N–H and O–H groups in total. The number of aryl methyl sites for hydroxylation is 1. The summed E-state index contributed by atoms with van der Waals surface area (Å²) in [6.45, 7) is 1.28. The van der Waals surface area contributed by atoms with Gasteiger partial charge in [-0.3, -0.25) is 0 Å². The second-order valence-corrected chi connectivity index (χ2v) is 6.24. The highest BCUT2D eigenvalue weighted by atomic mass is 19.4. The van der Waals surface area contributed by atoms with Crippen LogP contribution in [0.15, 0.2) is 48.5 Å². The molecule has 0 aliphatic carbocycles. The van der Waals surface area contributed by atoms with Crippen LogP contribution in [-0.2, 0) is 19.1 Å². The first-order valence-electron chi connectivity index (χ1n) is 8.20. The van der Waals surface area contributed by atoms with E-state index < -0.39 is 11.7 Å². The zero-order valence-electron chi connectivity index (χ0n) is 14.0. The molecule has 2 aromatic carbocycles. The molecule has 3 nitrogen and oxygen atoms in total. The molecule has 0 saturated carbocycles. The van der Waals surface area contributed by atoms with Crippen molar-refractivity contribution in [1.29, 1.82) is 0 Å². The van der Waals surface area contributed by atoms with Crippen molar-refractivity contribution in [3.63, 3.8) is 0 Å². The zero-order chi connectivity index (χ0) is 17.9. The van der Waals surface area contributed by atoms with E-state index in [1.54, 1.807) is 6.07 Å². The van der Waals surface area contributed by atoms with Gasteiger partial charge in [0, 0.05) is 13.0 Å². The van der Waals surface area contributed by atoms with Gasteiger partial charge in [-0.25, -0.2) is 4.98 Å². The summed E-state index contributed by atoms with van der Waals surface area (Å²) in [6.07, 6.45) is -2.60. The van der Waals surface area contributed by atoms with Crippen molar-refractivity contribution < 1.29 is 13.2 Å². The van der Waals surface area contributed by atoms with Gasteiger partial charge in [-0.05, 0) is 43.8 Å². The number of rotatable bonds is 6. The molecule has 0 bridgehead atoms. The molecule has 0 radical (unpaired) electrons. The fraction of sp³-hybridized carbons (Fsp3) is 0.316. The molecule has 6 heteroatoms. The number of halogens is 3. The number of alkyl halides is 3. The van der Waals surface area contributed by atoms with Crippen LogP contribution in [0.3, 0.4) is 0 Å². The van der Waals surface area contributed by atoms with Gasteiger partial charge in [-0.2, -0.15) is 13.2 Å². The van der Waals surface area contributed by atoms with E-state index in [9.17, 15) is 13.2 Å². The maximum atomic E-state index is 12.8. The predicted octanol–water partition coefficient (Wildman–Crippen LogP) is 4.65. The number of aromatic nitrogens is 2. The number of para-hydroxylation sites is 2. The topological polar surface area (TPSA) is 31.9 Å². The fourth-order valence-electron chi connectivity index (χ4n) is 2.88. The minimum Gasteiger partial charge on any atom is -0.342 e. The average Bonchev–Trinajstić information content (AvgIpc) is 2.97. The molecule has 0 spiro atoms. The summed E-state index contributed by atoms with van der Waals surface area (Å²) in [7, 11) is 1.92. The molecule has 132 valence electrons. The summed E-state index contributed by atoms with van der Waals surface area (Å²) in [5.74, 6) is 0.939. The normalized spacial score (nSPS) is 12.2. The summed E-state index contributed by atoms with van der Waals surface area (Å²) in [5.41, 5.74) is 2.05. The second-order valence-electron chi connectivity index (χ2n) is 6.24. The molecular formula is C19H20F3N3. The molecule has 0 saturated heterocycles. The van der Waals surface area contributed by atoms with Crippen molar-refractivity contribution in [1.82, 2.24) is 14.9 Å². The number of hydrogen-bond donors (Lipinski definition) is 1. The lowest BCUT2D eigenvalue weighted by Crippen LogP contribution is -2.20. The van der Waals surface area contributed by atoms with Crippen LogP contribution in [0.5, 0.6) is 0 Å². The molecule has 1 aromatic heterocycles. The Balaban J connectivity index is 1.52. The van der Waals surface area contributed by atoms with Crippen LogP contribution in [0, 0.1) is 0 Å². The van der Waals surface area contributed by atoms with Crippen molar-refractivity contribution in [3.05, 3.63) is 65.5 Å². The first kappa shape index (κ1) is 17.5. The van der Waals surface area contributed by atoms with Gasteiger partial charge in [0.1, 0.15) is 5.82 Å². The van der Waals surface area contributed by atoms with Gasteiger partial charge >= 0.3 is 6.18 Å². The molecule has 0 aliphatic rings. The van der Waals surface area contributed by atoms with Gasteiger partial charge < -0.3 is 9.88 Å². The Kier molecular flexibility index (Phi) is 5.08. The number of fused-ring (bicyclic) bond motifs is 1. The van der Waals surface area contributed by atoms with Crippen LogP contribution >= 0.6 is 0 Å². The lowest BCUT2D eigenvalue weighted by Gasteiger charge is -2.17. The molecule has 0 aliphatic heterocycles. The number of aromatic amines is 1. The van der Waals surface area contributed by atoms with Crippen LogP contribution < -0.4 is 0 Å². The van der Waals surface area contributed by atoms with Gasteiger partial charge in [-0.1, -0.05) is 30.3 Å². The van der Waals surface area contributed by atoms with E-state index in [-0.39, 0.29) is 0 Å². The van der Waals surface area contributed by atoms with Gasteiger partial charge in [-0.15, -0.1) is 0 Å². The number of nitrogens with zero attached hydrogens (tertiary/aromatic N) is 2. The molecule has 0 atom stereocenters. The average molecular weight is 347 g/mol. The number of H-pyrrole nitrogens is 1. The Labute approximate surface area is 144 Å². The Morgan fingerprint density at radius 1 is 1.08 bits per heavy atom. The van der Waals surface area contributed by atoms with Gasteiger partial charge in [0.05, 0.1) is 16.6 Å².